The number of carbonyl (C=O) groups excluding carboxylic acids is 1. The summed E-state index contributed by atoms with van der Waals surface area (Å²) in [4.78, 5) is 25.4. The van der Waals surface area contributed by atoms with Crippen molar-refractivity contribution in [2.24, 2.45) is 11.1 Å². The van der Waals surface area contributed by atoms with Crippen LogP contribution in [0.2, 0.25) is 0 Å². The Morgan fingerprint density at radius 3 is 2.83 bits per heavy atom. The minimum Gasteiger partial charge on any atom is -0.351 e. The highest BCUT2D eigenvalue weighted by Crippen LogP contribution is 2.20. The first-order valence-electron chi connectivity index (χ1n) is 6.12. The van der Waals surface area contributed by atoms with Crippen molar-refractivity contribution < 1.29 is 4.79 Å². The molecule has 1 aromatic rings. The maximum Gasteiger partial charge on any atom is 0.251 e. The summed E-state index contributed by atoms with van der Waals surface area (Å²) < 4.78 is 0. The Morgan fingerprint density at radius 1 is 1.50 bits per heavy atom. The normalized spacial score (nSPS) is 11.3. The van der Waals surface area contributed by atoms with Crippen LogP contribution < -0.4 is 16.6 Å². The van der Waals surface area contributed by atoms with Crippen LogP contribution in [0.3, 0.4) is 0 Å². The Kier molecular flexibility index (Phi) is 5.09. The largest absolute Gasteiger partial charge is 0.351 e. The van der Waals surface area contributed by atoms with E-state index in [1.54, 1.807) is 6.07 Å². The number of H-pyrrole nitrogens is 1. The minimum absolute atomic E-state index is 0.0101. The predicted octanol–water partition coefficient (Wildman–Crippen LogP) is 0.870. The molecule has 18 heavy (non-hydrogen) atoms. The third-order valence-electron chi connectivity index (χ3n) is 2.82. The third kappa shape index (κ3) is 4.71. The van der Waals surface area contributed by atoms with E-state index < -0.39 is 0 Å². The molecular formula is C13H21N3O2. The van der Waals surface area contributed by atoms with Crippen molar-refractivity contribution in [2.75, 3.05) is 13.1 Å². The van der Waals surface area contributed by atoms with Crippen molar-refractivity contribution in [3.63, 3.8) is 0 Å². The van der Waals surface area contributed by atoms with Gasteiger partial charge in [-0.2, -0.15) is 0 Å². The molecule has 0 aliphatic heterocycles. The van der Waals surface area contributed by atoms with Gasteiger partial charge < -0.3 is 16.0 Å². The molecule has 4 N–H and O–H groups in total. The van der Waals surface area contributed by atoms with Crippen molar-refractivity contribution in [1.82, 2.24) is 10.3 Å². The summed E-state index contributed by atoms with van der Waals surface area (Å²) in [5, 5.41) is 2.84. The molecule has 1 amide bonds. The van der Waals surface area contributed by atoms with Crippen LogP contribution in [0.4, 0.5) is 0 Å². The van der Waals surface area contributed by atoms with E-state index in [1.807, 2.05) is 0 Å². The number of rotatable bonds is 6. The summed E-state index contributed by atoms with van der Waals surface area (Å²) in [5.74, 6) is -0.220. The maximum atomic E-state index is 11.8. The van der Waals surface area contributed by atoms with E-state index >= 15 is 0 Å². The van der Waals surface area contributed by atoms with Crippen LogP contribution in [-0.2, 0) is 0 Å². The molecule has 0 saturated carbocycles. The summed E-state index contributed by atoms with van der Waals surface area (Å²) in [5.41, 5.74) is 5.59. The second kappa shape index (κ2) is 6.35. The Balaban J connectivity index is 2.53. The number of amides is 1. The van der Waals surface area contributed by atoms with Gasteiger partial charge in [0, 0.05) is 24.4 Å². The number of aromatic amines is 1. The molecule has 0 aromatic carbocycles. The predicted molar refractivity (Wildman–Crippen MR) is 71.5 cm³/mol. The molecule has 0 atom stereocenters. The second-order valence-corrected chi connectivity index (χ2v) is 5.18. The molecule has 0 unspecified atom stereocenters. The van der Waals surface area contributed by atoms with Gasteiger partial charge in [-0.3, -0.25) is 9.59 Å². The zero-order valence-electron chi connectivity index (χ0n) is 11.0. The molecule has 1 heterocycles. The lowest BCUT2D eigenvalue weighted by Gasteiger charge is -2.24. The van der Waals surface area contributed by atoms with Crippen molar-refractivity contribution in [3.05, 3.63) is 34.2 Å². The fourth-order valence-corrected chi connectivity index (χ4v) is 1.68. The summed E-state index contributed by atoms with van der Waals surface area (Å²) in [6.07, 6.45) is 3.36. The Bertz CT molecular complexity index is 452. The van der Waals surface area contributed by atoms with Crippen molar-refractivity contribution in [2.45, 2.75) is 26.7 Å². The van der Waals surface area contributed by atoms with E-state index in [9.17, 15) is 9.59 Å². The zero-order valence-corrected chi connectivity index (χ0v) is 11.0. The summed E-state index contributed by atoms with van der Waals surface area (Å²) >= 11 is 0. The highest BCUT2D eigenvalue weighted by atomic mass is 16.2. The number of pyridine rings is 1. The number of hydrogen-bond donors (Lipinski definition) is 3. The Labute approximate surface area is 107 Å². The van der Waals surface area contributed by atoms with Crippen molar-refractivity contribution in [3.8, 4) is 0 Å². The number of carbonyl (C=O) groups is 1. The molecule has 1 aromatic heterocycles. The average Bonchev–Trinajstić information content (AvgIpc) is 2.34. The monoisotopic (exact) mass is 251 g/mol. The highest BCUT2D eigenvalue weighted by Gasteiger charge is 2.18. The molecule has 0 fully saturated rings. The van der Waals surface area contributed by atoms with Gasteiger partial charge >= 0.3 is 0 Å². The lowest BCUT2D eigenvalue weighted by atomic mass is 9.87. The smallest absolute Gasteiger partial charge is 0.251 e. The number of aromatic nitrogens is 1. The molecular weight excluding hydrogens is 230 g/mol. The topological polar surface area (TPSA) is 88.0 Å². The van der Waals surface area contributed by atoms with E-state index in [1.165, 1.54) is 12.3 Å². The summed E-state index contributed by atoms with van der Waals surface area (Å²) in [6.45, 7) is 5.39. The van der Waals surface area contributed by atoms with Crippen LogP contribution in [0.25, 0.3) is 0 Å². The molecule has 100 valence electrons. The molecule has 5 nitrogen and oxygen atoms in total. The van der Waals surface area contributed by atoms with E-state index in [0.717, 1.165) is 12.8 Å². The average molecular weight is 251 g/mol. The number of nitrogens with two attached hydrogens (primary N) is 1. The molecule has 1 rings (SSSR count). The molecule has 0 spiro atoms. The van der Waals surface area contributed by atoms with Gasteiger partial charge in [0.15, 0.2) is 0 Å². The lowest BCUT2D eigenvalue weighted by Crippen LogP contribution is -2.34. The Hall–Kier alpha value is -1.62. The van der Waals surface area contributed by atoms with Gasteiger partial charge in [-0.25, -0.2) is 0 Å². The van der Waals surface area contributed by atoms with Gasteiger partial charge in [-0.15, -0.1) is 0 Å². The quantitative estimate of drug-likeness (QED) is 0.701. The number of hydrogen-bond acceptors (Lipinski definition) is 3. The minimum atomic E-state index is -0.273. The molecule has 5 heteroatoms. The van der Waals surface area contributed by atoms with Gasteiger partial charge in [0.25, 0.3) is 5.91 Å². The molecule has 0 aliphatic rings. The van der Waals surface area contributed by atoms with E-state index in [0.29, 0.717) is 18.7 Å². The fourth-order valence-electron chi connectivity index (χ4n) is 1.68. The van der Waals surface area contributed by atoms with Crippen molar-refractivity contribution >= 4 is 5.91 Å². The van der Waals surface area contributed by atoms with Gasteiger partial charge in [0.05, 0.1) is 0 Å². The van der Waals surface area contributed by atoms with Crippen LogP contribution >= 0.6 is 0 Å². The molecule has 0 bridgehead atoms. The van der Waals surface area contributed by atoms with Gasteiger partial charge in [0.1, 0.15) is 0 Å². The zero-order chi connectivity index (χ0) is 13.6. The number of nitrogens with one attached hydrogen (secondary N) is 2. The van der Waals surface area contributed by atoms with Crippen molar-refractivity contribution in [1.29, 1.82) is 0 Å². The summed E-state index contributed by atoms with van der Waals surface area (Å²) in [7, 11) is 0. The van der Waals surface area contributed by atoms with E-state index in [4.69, 9.17) is 5.73 Å². The van der Waals surface area contributed by atoms with Crippen LogP contribution in [0.15, 0.2) is 23.1 Å². The first kappa shape index (κ1) is 14.4. The maximum absolute atomic E-state index is 11.8. The summed E-state index contributed by atoms with van der Waals surface area (Å²) in [6, 6.07) is 2.88. The van der Waals surface area contributed by atoms with E-state index in [2.05, 4.69) is 24.1 Å². The van der Waals surface area contributed by atoms with Crippen LogP contribution in [0.5, 0.6) is 0 Å². The van der Waals surface area contributed by atoms with Gasteiger partial charge in [0.2, 0.25) is 5.56 Å². The SMILES string of the molecule is CC(C)(CCCN)CNC(=O)c1cc[nH]c(=O)c1. The standard InChI is InChI=1S/C13H21N3O2/c1-13(2,5-3-6-14)9-16-12(18)10-4-7-15-11(17)8-10/h4,7-8H,3,5-6,9,14H2,1-2H3,(H,15,17)(H,16,18). The Morgan fingerprint density at radius 2 is 2.22 bits per heavy atom. The molecule has 0 saturated heterocycles. The third-order valence-corrected chi connectivity index (χ3v) is 2.82. The highest BCUT2D eigenvalue weighted by molar-refractivity contribution is 5.93. The lowest BCUT2D eigenvalue weighted by molar-refractivity contribution is 0.0934. The first-order valence-corrected chi connectivity index (χ1v) is 6.12. The van der Waals surface area contributed by atoms with Gasteiger partial charge in [-0.1, -0.05) is 13.8 Å². The fraction of sp³-hybridized carbons (Fsp3) is 0.538. The van der Waals surface area contributed by atoms with E-state index in [-0.39, 0.29) is 16.9 Å². The second-order valence-electron chi connectivity index (χ2n) is 5.18. The van der Waals surface area contributed by atoms with Crippen LogP contribution in [-0.4, -0.2) is 24.0 Å². The van der Waals surface area contributed by atoms with Crippen LogP contribution in [0, 0.1) is 5.41 Å². The van der Waals surface area contributed by atoms with Gasteiger partial charge in [-0.05, 0) is 30.9 Å². The molecule has 0 aliphatic carbocycles. The molecule has 0 radical (unpaired) electrons. The first-order chi connectivity index (χ1) is 8.44. The van der Waals surface area contributed by atoms with Crippen LogP contribution in [0.1, 0.15) is 37.0 Å².